The van der Waals surface area contributed by atoms with Crippen LogP contribution in [0.2, 0.25) is 0 Å². The summed E-state index contributed by atoms with van der Waals surface area (Å²) in [5, 5.41) is 28.3. The lowest BCUT2D eigenvalue weighted by Gasteiger charge is -2.32. The Kier molecular flexibility index (Phi) is 7.80. The lowest BCUT2D eigenvalue weighted by molar-refractivity contribution is 0.154. The van der Waals surface area contributed by atoms with E-state index in [-0.39, 0.29) is 0 Å². The summed E-state index contributed by atoms with van der Waals surface area (Å²) in [5.41, 5.74) is 10.7. The lowest BCUT2D eigenvalue weighted by atomic mass is 9.73. The molecule has 4 rings (SSSR count). The Labute approximate surface area is 217 Å². The van der Waals surface area contributed by atoms with E-state index in [4.69, 9.17) is 4.74 Å². The average molecular weight is 495 g/mol. The predicted molar refractivity (Wildman–Crippen MR) is 150 cm³/mol. The number of anilines is 2. The minimum atomic E-state index is 0.394. The van der Waals surface area contributed by atoms with Crippen molar-refractivity contribution in [3.05, 3.63) is 44.5 Å². The molecule has 36 heavy (non-hydrogen) atoms. The summed E-state index contributed by atoms with van der Waals surface area (Å²) in [7, 11) is 0. The van der Waals surface area contributed by atoms with Crippen molar-refractivity contribution in [3.8, 4) is 11.5 Å². The van der Waals surface area contributed by atoms with E-state index in [2.05, 4.69) is 31.4 Å². The van der Waals surface area contributed by atoms with Gasteiger partial charge in [-0.2, -0.15) is 0 Å². The molecule has 4 atom stereocenters. The second kappa shape index (κ2) is 10.5. The van der Waals surface area contributed by atoms with Crippen molar-refractivity contribution < 1.29 is 14.9 Å². The summed E-state index contributed by atoms with van der Waals surface area (Å²) in [6, 6.07) is 0. The van der Waals surface area contributed by atoms with Crippen LogP contribution in [-0.4, -0.2) is 36.5 Å². The molecule has 0 aliphatic heterocycles. The molecular formula is C31H46N2O3. The monoisotopic (exact) mass is 494 g/mol. The number of hydrogen-bond donors (Lipinski definition) is 4. The van der Waals surface area contributed by atoms with Gasteiger partial charge < -0.3 is 25.6 Å². The Morgan fingerprint density at radius 3 is 1.69 bits per heavy atom. The summed E-state index contributed by atoms with van der Waals surface area (Å²) in [4.78, 5) is 0. The molecule has 0 heterocycles. The maximum atomic E-state index is 11.0. The molecule has 0 saturated heterocycles. The summed E-state index contributed by atoms with van der Waals surface area (Å²) in [5.74, 6) is 4.33. The molecule has 0 bridgehead atoms. The molecular weight excluding hydrogens is 448 g/mol. The maximum Gasteiger partial charge on any atom is 0.122 e. The molecule has 0 radical (unpaired) electrons. The van der Waals surface area contributed by atoms with Crippen LogP contribution in [0.4, 0.5) is 11.4 Å². The molecule has 2 fully saturated rings. The Hall–Kier alpha value is -2.40. The summed E-state index contributed by atoms with van der Waals surface area (Å²) in [6.07, 6.45) is 3.78. The van der Waals surface area contributed by atoms with Crippen LogP contribution in [0.5, 0.6) is 11.5 Å². The Bertz CT molecular complexity index is 1110. The summed E-state index contributed by atoms with van der Waals surface area (Å²) < 4.78 is 5.92. The third-order valence-corrected chi connectivity index (χ3v) is 9.45. The molecule has 0 spiro atoms. The normalized spacial score (nSPS) is 21.1. The van der Waals surface area contributed by atoms with Gasteiger partial charge in [-0.15, -0.1) is 0 Å². The van der Waals surface area contributed by atoms with E-state index in [1.54, 1.807) is 0 Å². The number of ether oxygens (including phenoxy) is 1. The first-order chi connectivity index (χ1) is 17.0. The quantitative estimate of drug-likeness (QED) is 0.208. The molecule has 2 saturated carbocycles. The van der Waals surface area contributed by atoms with E-state index in [1.165, 1.54) is 18.4 Å². The van der Waals surface area contributed by atoms with E-state index < -0.39 is 0 Å². The van der Waals surface area contributed by atoms with Crippen molar-refractivity contribution in [2.45, 2.75) is 74.7 Å². The molecule has 198 valence electrons. The molecule has 4 N–H and O–H groups in total. The van der Waals surface area contributed by atoms with Crippen LogP contribution in [0.15, 0.2) is 0 Å². The van der Waals surface area contributed by atoms with Gasteiger partial charge in [0.05, 0.1) is 13.2 Å². The molecule has 5 heteroatoms. The fourth-order valence-electron chi connectivity index (χ4n) is 6.40. The number of benzene rings is 2. The minimum Gasteiger partial charge on any atom is -0.507 e. The van der Waals surface area contributed by atoms with Gasteiger partial charge >= 0.3 is 0 Å². The largest absolute Gasteiger partial charge is 0.507 e. The second-order valence-corrected chi connectivity index (χ2v) is 11.5. The predicted octanol–water partition coefficient (Wildman–Crippen LogP) is 6.63. The number of hydrogen-bond acceptors (Lipinski definition) is 5. The number of rotatable bonds is 11. The average Bonchev–Trinajstić information content (AvgIpc) is 3.49. The third-order valence-electron chi connectivity index (χ3n) is 9.45. The molecule has 0 aromatic heterocycles. The summed E-state index contributed by atoms with van der Waals surface area (Å²) >= 11 is 0. The fourth-order valence-corrected chi connectivity index (χ4v) is 6.40. The first-order valence-corrected chi connectivity index (χ1v) is 13.7. The first-order valence-electron chi connectivity index (χ1n) is 13.7. The highest BCUT2D eigenvalue weighted by molar-refractivity contribution is 5.68. The van der Waals surface area contributed by atoms with Gasteiger partial charge in [-0.25, -0.2) is 0 Å². The number of nitrogens with one attached hydrogen (secondary N) is 2. The molecule has 2 aliphatic rings. The molecule has 2 aromatic rings. The molecule has 2 aliphatic carbocycles. The Morgan fingerprint density at radius 1 is 0.722 bits per heavy atom. The van der Waals surface area contributed by atoms with Gasteiger partial charge in [-0.3, -0.25) is 0 Å². The topological polar surface area (TPSA) is 73.8 Å². The van der Waals surface area contributed by atoms with Gasteiger partial charge in [0.2, 0.25) is 0 Å². The van der Waals surface area contributed by atoms with Crippen molar-refractivity contribution >= 4 is 11.4 Å². The van der Waals surface area contributed by atoms with Gasteiger partial charge in [0, 0.05) is 24.5 Å². The highest BCUT2D eigenvalue weighted by atomic mass is 16.5. The van der Waals surface area contributed by atoms with Crippen LogP contribution in [0.3, 0.4) is 0 Å². The summed E-state index contributed by atoms with van der Waals surface area (Å²) in [6.45, 7) is 19.3. The van der Waals surface area contributed by atoms with E-state index in [1.807, 2.05) is 34.6 Å². The molecule has 4 unspecified atom stereocenters. The van der Waals surface area contributed by atoms with Crippen molar-refractivity contribution in [1.82, 2.24) is 0 Å². The standard InChI is InChI=1S/C31H46N2O3/c1-16(25-14-24-15-27(24)25)13-26-23(8)29(19(4)22(7)31(26)35)33-10-12-36-11-9-32-28-17(2)20(5)30(34)21(6)18(28)3/h16,24-25,27,32-35H,9-15H2,1-8H3. The van der Waals surface area contributed by atoms with Gasteiger partial charge in [-0.05, 0) is 136 Å². The van der Waals surface area contributed by atoms with Crippen LogP contribution in [0.25, 0.3) is 0 Å². The maximum absolute atomic E-state index is 11.0. The lowest BCUT2D eigenvalue weighted by Crippen LogP contribution is -2.25. The van der Waals surface area contributed by atoms with E-state index in [0.717, 1.165) is 81.0 Å². The first kappa shape index (κ1) is 26.7. The van der Waals surface area contributed by atoms with Crippen molar-refractivity contribution in [3.63, 3.8) is 0 Å². The van der Waals surface area contributed by atoms with Crippen LogP contribution in [0, 0.1) is 72.1 Å². The van der Waals surface area contributed by atoms with Gasteiger partial charge in [0.25, 0.3) is 0 Å². The Balaban J connectivity index is 1.29. The van der Waals surface area contributed by atoms with Crippen LogP contribution >= 0.6 is 0 Å². The van der Waals surface area contributed by atoms with Crippen molar-refractivity contribution in [2.24, 2.45) is 23.7 Å². The molecule has 0 amide bonds. The highest BCUT2D eigenvalue weighted by Gasteiger charge is 2.54. The van der Waals surface area contributed by atoms with Crippen molar-refractivity contribution in [1.29, 1.82) is 0 Å². The van der Waals surface area contributed by atoms with E-state index in [0.29, 0.717) is 37.2 Å². The Morgan fingerprint density at radius 2 is 1.22 bits per heavy atom. The molecule has 5 nitrogen and oxygen atoms in total. The van der Waals surface area contributed by atoms with Gasteiger partial charge in [-0.1, -0.05) is 6.92 Å². The minimum absolute atomic E-state index is 0.394. The zero-order chi connectivity index (χ0) is 26.3. The zero-order valence-corrected chi connectivity index (χ0v) is 23.6. The van der Waals surface area contributed by atoms with Crippen LogP contribution in [0.1, 0.15) is 64.3 Å². The number of fused-ring (bicyclic) bond motifs is 1. The zero-order valence-electron chi connectivity index (χ0n) is 23.6. The van der Waals surface area contributed by atoms with E-state index >= 15 is 0 Å². The van der Waals surface area contributed by atoms with Crippen LogP contribution in [-0.2, 0) is 11.2 Å². The number of aromatic hydroxyl groups is 2. The fraction of sp³-hybridized carbons (Fsp3) is 0.613. The van der Waals surface area contributed by atoms with Crippen LogP contribution < -0.4 is 10.6 Å². The number of phenolic OH excluding ortho intramolecular Hbond substituents is 2. The molecule has 2 aromatic carbocycles. The number of phenols is 2. The highest BCUT2D eigenvalue weighted by Crippen LogP contribution is 2.62. The third kappa shape index (κ3) is 4.91. The van der Waals surface area contributed by atoms with Gasteiger partial charge in [0.1, 0.15) is 11.5 Å². The van der Waals surface area contributed by atoms with Crippen molar-refractivity contribution in [2.75, 3.05) is 36.9 Å². The van der Waals surface area contributed by atoms with Gasteiger partial charge in [0.15, 0.2) is 0 Å². The second-order valence-electron chi connectivity index (χ2n) is 11.5. The smallest absolute Gasteiger partial charge is 0.122 e. The SMILES string of the molecule is Cc1c(C)c(NCCOCCNc2c(C)c(C)c(O)c(CC(C)C3CC4CC43)c2C)c(C)c(C)c1O. The van der Waals surface area contributed by atoms with E-state index in [9.17, 15) is 10.2 Å².